The predicted molar refractivity (Wildman–Crippen MR) is 75.7 cm³/mol. The molecule has 1 heterocycles. The van der Waals surface area contributed by atoms with Gasteiger partial charge in [-0.25, -0.2) is 8.78 Å². The van der Waals surface area contributed by atoms with E-state index in [0.717, 1.165) is 0 Å². The normalized spacial score (nSPS) is 19.4. The van der Waals surface area contributed by atoms with Crippen LogP contribution in [0.2, 0.25) is 0 Å². The van der Waals surface area contributed by atoms with E-state index in [1.54, 1.807) is 0 Å². The number of carbonyl (C=O) groups excluding carboxylic acids is 1. The Kier molecular flexibility index (Phi) is 3.81. The molecule has 1 aromatic heterocycles. The lowest BCUT2D eigenvalue weighted by atomic mass is 10.1. The summed E-state index contributed by atoms with van der Waals surface area (Å²) in [6, 6.07) is 5.07. The van der Waals surface area contributed by atoms with Gasteiger partial charge in [-0.15, -0.1) is 0 Å². The molecule has 23 heavy (non-hydrogen) atoms. The molecule has 1 aliphatic carbocycles. The first-order valence-electron chi connectivity index (χ1n) is 6.95. The monoisotopic (exact) mass is 321 g/mol. The Morgan fingerprint density at radius 2 is 2.00 bits per heavy atom. The molecule has 2 N–H and O–H groups in total. The number of nitrogens with zero attached hydrogens (tertiary/aromatic N) is 2. The third-order valence-corrected chi connectivity index (χ3v) is 3.69. The van der Waals surface area contributed by atoms with Crippen LogP contribution < -0.4 is 5.32 Å². The molecule has 0 aliphatic heterocycles. The van der Waals surface area contributed by atoms with Crippen molar-refractivity contribution in [2.24, 2.45) is 5.92 Å². The number of aromatic nitrogens is 2. The van der Waals surface area contributed by atoms with Crippen LogP contribution in [0.15, 0.2) is 30.5 Å². The lowest BCUT2D eigenvalue weighted by molar-refractivity contribution is -0.137. The Hall–Kier alpha value is -2.77. The summed E-state index contributed by atoms with van der Waals surface area (Å²) in [6.07, 6.45) is 1.78. The zero-order valence-electron chi connectivity index (χ0n) is 11.9. The number of hydrogen-bond acceptors (Lipinski definition) is 3. The number of hydrogen-bond donors (Lipinski definition) is 2. The van der Waals surface area contributed by atoms with Crippen molar-refractivity contribution in [2.75, 3.05) is 5.32 Å². The van der Waals surface area contributed by atoms with Crippen molar-refractivity contribution in [3.63, 3.8) is 0 Å². The van der Waals surface area contributed by atoms with E-state index in [1.165, 1.54) is 35.1 Å². The molecule has 120 valence electrons. The highest BCUT2D eigenvalue weighted by molar-refractivity contribution is 5.94. The molecule has 1 amide bonds. The number of nitrogens with one attached hydrogen (secondary N) is 1. The van der Waals surface area contributed by atoms with Crippen LogP contribution in [-0.2, 0) is 16.1 Å². The summed E-state index contributed by atoms with van der Waals surface area (Å²) in [7, 11) is 0. The smallest absolute Gasteiger partial charge is 0.325 e. The van der Waals surface area contributed by atoms with Gasteiger partial charge in [0, 0.05) is 29.7 Å². The first-order chi connectivity index (χ1) is 11.0. The van der Waals surface area contributed by atoms with Gasteiger partial charge in [0.1, 0.15) is 18.2 Å². The van der Waals surface area contributed by atoms with E-state index in [-0.39, 0.29) is 17.9 Å². The molecule has 0 saturated heterocycles. The molecule has 2 atom stereocenters. The van der Waals surface area contributed by atoms with Crippen molar-refractivity contribution in [3.05, 3.63) is 47.7 Å². The molecule has 1 fully saturated rings. The molecule has 8 heteroatoms. The van der Waals surface area contributed by atoms with E-state index in [9.17, 15) is 18.4 Å². The number of carboxylic acids is 1. The molecule has 1 saturated carbocycles. The fraction of sp³-hybridized carbons (Fsp3) is 0.267. The Labute approximate surface area is 129 Å². The van der Waals surface area contributed by atoms with Crippen LogP contribution in [0.25, 0.3) is 0 Å². The zero-order chi connectivity index (χ0) is 16.6. The molecule has 3 rings (SSSR count). The summed E-state index contributed by atoms with van der Waals surface area (Å²) in [6.45, 7) is -0.317. The first kappa shape index (κ1) is 15.1. The summed E-state index contributed by atoms with van der Waals surface area (Å²) in [4.78, 5) is 22.7. The van der Waals surface area contributed by atoms with Crippen LogP contribution in [0.4, 0.5) is 14.6 Å². The van der Waals surface area contributed by atoms with E-state index < -0.39 is 35.3 Å². The van der Waals surface area contributed by atoms with Gasteiger partial charge in [-0.1, -0.05) is 6.07 Å². The van der Waals surface area contributed by atoms with Crippen LogP contribution in [0.5, 0.6) is 0 Å². The van der Waals surface area contributed by atoms with Crippen molar-refractivity contribution >= 4 is 17.7 Å². The Balaban J connectivity index is 1.64. The van der Waals surface area contributed by atoms with Gasteiger partial charge in [0.25, 0.3) is 0 Å². The second-order valence-electron chi connectivity index (χ2n) is 5.37. The second kappa shape index (κ2) is 5.79. The SMILES string of the molecule is O=C(O)Cn1ccc(NC(=O)[C@@H]2C[C@H]2c2c(F)cccc2F)n1. The fourth-order valence-corrected chi connectivity index (χ4v) is 2.54. The van der Waals surface area contributed by atoms with E-state index >= 15 is 0 Å². The third-order valence-electron chi connectivity index (χ3n) is 3.69. The highest BCUT2D eigenvalue weighted by atomic mass is 19.1. The van der Waals surface area contributed by atoms with E-state index in [1.807, 2.05) is 0 Å². The lowest BCUT2D eigenvalue weighted by Crippen LogP contribution is -2.16. The number of amides is 1. The topological polar surface area (TPSA) is 84.2 Å². The van der Waals surface area contributed by atoms with Gasteiger partial charge in [-0.3, -0.25) is 14.3 Å². The highest BCUT2D eigenvalue weighted by Crippen LogP contribution is 2.49. The van der Waals surface area contributed by atoms with Crippen molar-refractivity contribution in [3.8, 4) is 0 Å². The number of anilines is 1. The molecule has 1 aliphatic rings. The van der Waals surface area contributed by atoms with Gasteiger partial charge >= 0.3 is 5.97 Å². The van der Waals surface area contributed by atoms with Gasteiger partial charge in [0.05, 0.1) is 0 Å². The molecule has 1 aromatic carbocycles. The van der Waals surface area contributed by atoms with Crippen molar-refractivity contribution in [2.45, 2.75) is 18.9 Å². The predicted octanol–water partition coefficient (Wildman–Crippen LogP) is 1.99. The van der Waals surface area contributed by atoms with Gasteiger partial charge in [0.2, 0.25) is 5.91 Å². The Morgan fingerprint density at radius 1 is 1.30 bits per heavy atom. The molecular weight excluding hydrogens is 308 g/mol. The van der Waals surface area contributed by atoms with Crippen LogP contribution in [0.3, 0.4) is 0 Å². The summed E-state index contributed by atoms with van der Waals surface area (Å²) in [5.74, 6) is -3.56. The summed E-state index contributed by atoms with van der Waals surface area (Å²) in [5.41, 5.74) is -0.0657. The second-order valence-corrected chi connectivity index (χ2v) is 5.37. The minimum absolute atomic E-state index is 0.0657. The number of rotatable bonds is 5. The largest absolute Gasteiger partial charge is 0.480 e. The maximum atomic E-state index is 13.7. The minimum Gasteiger partial charge on any atom is -0.480 e. The molecular formula is C15H13F2N3O3. The minimum atomic E-state index is -1.05. The highest BCUT2D eigenvalue weighted by Gasteiger charge is 2.46. The number of carboxylic acid groups (broad SMARTS) is 1. The van der Waals surface area contributed by atoms with E-state index in [4.69, 9.17) is 5.11 Å². The third kappa shape index (κ3) is 3.20. The number of benzene rings is 1. The van der Waals surface area contributed by atoms with Crippen LogP contribution in [-0.4, -0.2) is 26.8 Å². The van der Waals surface area contributed by atoms with Crippen molar-refractivity contribution in [1.82, 2.24) is 9.78 Å². The lowest BCUT2D eigenvalue weighted by Gasteiger charge is -2.04. The average molecular weight is 321 g/mol. The summed E-state index contributed by atoms with van der Waals surface area (Å²) in [5, 5.41) is 15.1. The molecule has 2 aromatic rings. The number of aliphatic carboxylic acids is 1. The van der Waals surface area contributed by atoms with Gasteiger partial charge in [-0.05, 0) is 18.6 Å². The molecule has 0 unspecified atom stereocenters. The summed E-state index contributed by atoms with van der Waals surface area (Å²) >= 11 is 0. The maximum absolute atomic E-state index is 13.7. The molecule has 0 bridgehead atoms. The van der Waals surface area contributed by atoms with Gasteiger partial charge < -0.3 is 10.4 Å². The number of halogens is 2. The first-order valence-corrected chi connectivity index (χ1v) is 6.95. The van der Waals surface area contributed by atoms with Gasteiger partial charge in [-0.2, -0.15) is 5.10 Å². The fourth-order valence-electron chi connectivity index (χ4n) is 2.54. The molecule has 0 spiro atoms. The summed E-state index contributed by atoms with van der Waals surface area (Å²) < 4.78 is 28.5. The van der Waals surface area contributed by atoms with E-state index in [2.05, 4.69) is 10.4 Å². The van der Waals surface area contributed by atoms with Crippen molar-refractivity contribution < 1.29 is 23.5 Å². The molecule has 0 radical (unpaired) electrons. The van der Waals surface area contributed by atoms with E-state index in [0.29, 0.717) is 6.42 Å². The van der Waals surface area contributed by atoms with Gasteiger partial charge in [0.15, 0.2) is 5.82 Å². The maximum Gasteiger partial charge on any atom is 0.325 e. The average Bonchev–Trinajstić information content (AvgIpc) is 3.13. The van der Waals surface area contributed by atoms with Crippen LogP contribution in [0.1, 0.15) is 17.9 Å². The molecule has 6 nitrogen and oxygen atoms in total. The van der Waals surface area contributed by atoms with Crippen LogP contribution in [0, 0.1) is 17.6 Å². The van der Waals surface area contributed by atoms with Crippen LogP contribution >= 0.6 is 0 Å². The zero-order valence-corrected chi connectivity index (χ0v) is 11.9. The Bertz CT molecular complexity index is 755. The van der Waals surface area contributed by atoms with Crippen molar-refractivity contribution in [1.29, 1.82) is 0 Å². The number of carbonyl (C=O) groups is 2. The quantitative estimate of drug-likeness (QED) is 0.882. The standard InChI is InChI=1S/C15H13F2N3O3/c16-10-2-1-3-11(17)14(10)8-6-9(8)15(23)18-12-4-5-20(19-12)7-13(21)22/h1-5,8-9H,6-7H2,(H,21,22)(H,18,19,23)/t8-,9-/m1/s1. The Morgan fingerprint density at radius 3 is 2.65 bits per heavy atom.